The molecule has 1 aliphatic heterocycles. The normalized spacial score (nSPS) is 14.5. The Morgan fingerprint density at radius 2 is 1.82 bits per heavy atom. The number of benzene rings is 2. The van der Waals surface area contributed by atoms with Crippen molar-refractivity contribution in [1.82, 2.24) is 4.72 Å². The van der Waals surface area contributed by atoms with Gasteiger partial charge in [0.05, 0.1) is 22.7 Å². The van der Waals surface area contributed by atoms with Crippen molar-refractivity contribution < 1.29 is 17.6 Å². The van der Waals surface area contributed by atoms with E-state index in [1.807, 2.05) is 11.9 Å². The third kappa shape index (κ3) is 4.34. The molecule has 6 nitrogen and oxygen atoms in total. The molecule has 2 aromatic carbocycles. The van der Waals surface area contributed by atoms with Gasteiger partial charge in [0.2, 0.25) is 15.9 Å². The summed E-state index contributed by atoms with van der Waals surface area (Å²) in [6.45, 7) is 3.31. The van der Waals surface area contributed by atoms with Crippen molar-refractivity contribution in [1.29, 1.82) is 0 Å². The Hall–Kier alpha value is -2.45. The van der Waals surface area contributed by atoms with Crippen LogP contribution in [0.2, 0.25) is 0 Å². The molecule has 0 spiro atoms. The van der Waals surface area contributed by atoms with Crippen LogP contribution in [0.15, 0.2) is 47.4 Å². The summed E-state index contributed by atoms with van der Waals surface area (Å²) >= 11 is 0. The van der Waals surface area contributed by atoms with Crippen molar-refractivity contribution >= 4 is 27.3 Å². The average Bonchev–Trinajstić information content (AvgIpc) is 2.81. The van der Waals surface area contributed by atoms with E-state index in [9.17, 15) is 17.6 Å². The first-order valence-electron chi connectivity index (χ1n) is 9.21. The topological polar surface area (TPSA) is 69.7 Å². The van der Waals surface area contributed by atoms with Crippen LogP contribution in [0.4, 0.5) is 15.8 Å². The first-order chi connectivity index (χ1) is 13.3. The van der Waals surface area contributed by atoms with Crippen LogP contribution in [0.5, 0.6) is 0 Å². The van der Waals surface area contributed by atoms with E-state index in [0.717, 1.165) is 18.5 Å². The quantitative estimate of drug-likeness (QED) is 0.830. The van der Waals surface area contributed by atoms with Gasteiger partial charge in [-0.3, -0.25) is 4.79 Å². The molecule has 0 aromatic heterocycles. The summed E-state index contributed by atoms with van der Waals surface area (Å²) < 4.78 is 40.2. The summed E-state index contributed by atoms with van der Waals surface area (Å²) in [5.74, 6) is -0.442. The lowest BCUT2D eigenvalue weighted by atomic mass is 10.1. The third-order valence-electron chi connectivity index (χ3n) is 4.74. The van der Waals surface area contributed by atoms with Gasteiger partial charge >= 0.3 is 0 Å². The molecule has 0 atom stereocenters. The molecule has 1 N–H and O–H groups in total. The maximum Gasteiger partial charge on any atom is 0.240 e. The van der Waals surface area contributed by atoms with E-state index in [2.05, 4.69) is 4.72 Å². The largest absolute Gasteiger partial charge is 0.373 e. The molecular weight excluding hydrogens is 381 g/mol. The van der Waals surface area contributed by atoms with Crippen molar-refractivity contribution in [2.45, 2.75) is 24.7 Å². The van der Waals surface area contributed by atoms with Gasteiger partial charge in [0.1, 0.15) is 5.82 Å². The summed E-state index contributed by atoms with van der Waals surface area (Å²) in [6, 6.07) is 10.7. The van der Waals surface area contributed by atoms with E-state index < -0.39 is 10.0 Å². The number of nitrogens with one attached hydrogen (secondary N) is 1. The maximum atomic E-state index is 13.7. The first kappa shape index (κ1) is 20.3. The Morgan fingerprint density at radius 3 is 2.50 bits per heavy atom. The fraction of sp³-hybridized carbons (Fsp3) is 0.350. The van der Waals surface area contributed by atoms with E-state index in [-0.39, 0.29) is 23.0 Å². The van der Waals surface area contributed by atoms with Crippen molar-refractivity contribution in [3.63, 3.8) is 0 Å². The minimum atomic E-state index is -3.52. The molecule has 0 unspecified atom stereocenters. The average molecular weight is 405 g/mol. The summed E-state index contributed by atoms with van der Waals surface area (Å²) in [5, 5.41) is 0. The second-order valence-corrected chi connectivity index (χ2v) is 8.54. The van der Waals surface area contributed by atoms with Gasteiger partial charge in [0.15, 0.2) is 0 Å². The van der Waals surface area contributed by atoms with E-state index in [1.54, 1.807) is 30.0 Å². The van der Waals surface area contributed by atoms with Crippen LogP contribution in [0.3, 0.4) is 0 Å². The monoisotopic (exact) mass is 405 g/mol. The van der Waals surface area contributed by atoms with Crippen LogP contribution in [0.25, 0.3) is 0 Å². The molecule has 1 heterocycles. The van der Waals surface area contributed by atoms with Crippen molar-refractivity contribution in [2.75, 3.05) is 36.5 Å². The van der Waals surface area contributed by atoms with E-state index in [4.69, 9.17) is 0 Å². The van der Waals surface area contributed by atoms with Crippen LogP contribution in [-0.4, -0.2) is 41.0 Å². The van der Waals surface area contributed by atoms with Gasteiger partial charge < -0.3 is 9.80 Å². The van der Waals surface area contributed by atoms with Gasteiger partial charge in [-0.2, -0.15) is 0 Å². The highest BCUT2D eigenvalue weighted by Crippen LogP contribution is 2.32. The Balaban J connectivity index is 1.81. The molecule has 150 valence electrons. The van der Waals surface area contributed by atoms with Gasteiger partial charge in [-0.15, -0.1) is 0 Å². The van der Waals surface area contributed by atoms with E-state index >= 15 is 0 Å². The zero-order chi connectivity index (χ0) is 20.3. The molecule has 0 saturated carbocycles. The van der Waals surface area contributed by atoms with Gasteiger partial charge in [-0.25, -0.2) is 17.5 Å². The van der Waals surface area contributed by atoms with E-state index in [1.165, 1.54) is 24.3 Å². The standard InChI is InChI=1S/C20H24FN3O3S/c1-3-22-28(26,27)17-8-5-15(6-9-17)13-20(25)24-12-4-11-23(2)19-14-16(21)7-10-18(19)24/h5-10,14,22H,3-4,11-13H2,1-2H3. The number of sulfonamides is 1. The highest BCUT2D eigenvalue weighted by Gasteiger charge is 2.24. The smallest absolute Gasteiger partial charge is 0.240 e. The predicted molar refractivity (Wildman–Crippen MR) is 108 cm³/mol. The third-order valence-corrected chi connectivity index (χ3v) is 6.30. The Labute approximate surface area is 165 Å². The molecule has 1 amide bonds. The van der Waals surface area contributed by atoms with Crippen molar-refractivity contribution in [3.05, 3.63) is 53.8 Å². The lowest BCUT2D eigenvalue weighted by Gasteiger charge is -2.24. The number of amides is 1. The number of carbonyl (C=O) groups is 1. The second-order valence-electron chi connectivity index (χ2n) is 6.78. The molecule has 0 radical (unpaired) electrons. The van der Waals surface area contributed by atoms with Crippen LogP contribution < -0.4 is 14.5 Å². The molecule has 0 saturated heterocycles. The second kappa shape index (κ2) is 8.28. The molecule has 1 aliphatic rings. The molecular formula is C20H24FN3O3S. The Bertz CT molecular complexity index is 961. The van der Waals surface area contributed by atoms with E-state index in [0.29, 0.717) is 24.5 Å². The molecule has 2 aromatic rings. The molecule has 8 heteroatoms. The highest BCUT2D eigenvalue weighted by atomic mass is 32.2. The van der Waals surface area contributed by atoms with Crippen LogP contribution in [-0.2, 0) is 21.2 Å². The number of hydrogen-bond donors (Lipinski definition) is 1. The zero-order valence-electron chi connectivity index (χ0n) is 16.0. The van der Waals surface area contributed by atoms with Gasteiger partial charge in [0, 0.05) is 26.7 Å². The lowest BCUT2D eigenvalue weighted by Crippen LogP contribution is -2.32. The van der Waals surface area contributed by atoms with Crippen LogP contribution in [0, 0.1) is 5.82 Å². The molecule has 0 bridgehead atoms. The van der Waals surface area contributed by atoms with Gasteiger partial charge in [-0.05, 0) is 42.3 Å². The number of carbonyl (C=O) groups excluding carboxylic acids is 1. The lowest BCUT2D eigenvalue weighted by molar-refractivity contribution is -0.118. The van der Waals surface area contributed by atoms with Crippen LogP contribution in [0.1, 0.15) is 18.9 Å². The Morgan fingerprint density at radius 1 is 1.11 bits per heavy atom. The minimum Gasteiger partial charge on any atom is -0.373 e. The summed E-state index contributed by atoms with van der Waals surface area (Å²) in [5.41, 5.74) is 2.11. The summed E-state index contributed by atoms with van der Waals surface area (Å²) in [4.78, 5) is 16.7. The molecule has 28 heavy (non-hydrogen) atoms. The molecule has 0 aliphatic carbocycles. The number of anilines is 2. The number of nitrogens with zero attached hydrogens (tertiary/aromatic N) is 2. The molecule has 3 rings (SSSR count). The fourth-order valence-electron chi connectivity index (χ4n) is 3.33. The first-order valence-corrected chi connectivity index (χ1v) is 10.7. The van der Waals surface area contributed by atoms with Gasteiger partial charge in [-0.1, -0.05) is 19.1 Å². The van der Waals surface area contributed by atoms with Crippen molar-refractivity contribution in [2.24, 2.45) is 0 Å². The number of rotatable bonds is 5. The number of halogens is 1. The predicted octanol–water partition coefficient (Wildman–Crippen LogP) is 2.54. The highest BCUT2D eigenvalue weighted by molar-refractivity contribution is 7.89. The zero-order valence-corrected chi connectivity index (χ0v) is 16.8. The van der Waals surface area contributed by atoms with Gasteiger partial charge in [0.25, 0.3) is 0 Å². The Kier molecular flexibility index (Phi) is 6.00. The number of hydrogen-bond acceptors (Lipinski definition) is 4. The number of fused-ring (bicyclic) bond motifs is 1. The molecule has 0 fully saturated rings. The van der Waals surface area contributed by atoms with Crippen LogP contribution >= 0.6 is 0 Å². The summed E-state index contributed by atoms with van der Waals surface area (Å²) in [6.07, 6.45) is 0.917. The SMILES string of the molecule is CCNS(=O)(=O)c1ccc(CC(=O)N2CCCN(C)c3cc(F)ccc32)cc1. The summed E-state index contributed by atoms with van der Waals surface area (Å²) in [7, 11) is -1.63. The van der Waals surface area contributed by atoms with Crippen molar-refractivity contribution in [3.8, 4) is 0 Å². The maximum absolute atomic E-state index is 13.7. The minimum absolute atomic E-state index is 0.106. The fourth-order valence-corrected chi connectivity index (χ4v) is 4.37.